The molecule has 160 valence electrons. The number of anilines is 2. The zero-order valence-electron chi connectivity index (χ0n) is 17.2. The molecule has 0 aliphatic carbocycles. The van der Waals surface area contributed by atoms with Gasteiger partial charge in [0.15, 0.2) is 0 Å². The summed E-state index contributed by atoms with van der Waals surface area (Å²) in [6, 6.07) is 18.8. The summed E-state index contributed by atoms with van der Waals surface area (Å²) in [4.78, 5) is 26.6. The molecule has 1 atom stereocenters. The zero-order valence-corrected chi connectivity index (χ0v) is 18.0. The van der Waals surface area contributed by atoms with Crippen LogP contribution < -0.4 is 15.4 Å². The van der Waals surface area contributed by atoms with Crippen LogP contribution in [-0.4, -0.2) is 31.1 Å². The molecule has 0 unspecified atom stereocenters. The first-order valence-corrected chi connectivity index (χ1v) is 11.1. The number of benzene rings is 2. The molecule has 31 heavy (non-hydrogen) atoms. The van der Waals surface area contributed by atoms with E-state index in [0.29, 0.717) is 35.2 Å². The summed E-state index contributed by atoms with van der Waals surface area (Å²) in [6.45, 7) is 3.00. The van der Waals surface area contributed by atoms with Gasteiger partial charge < -0.3 is 20.1 Å². The van der Waals surface area contributed by atoms with E-state index in [2.05, 4.69) is 10.6 Å². The molecule has 6 nitrogen and oxygen atoms in total. The van der Waals surface area contributed by atoms with Gasteiger partial charge >= 0.3 is 0 Å². The van der Waals surface area contributed by atoms with Crippen molar-refractivity contribution in [1.29, 1.82) is 0 Å². The van der Waals surface area contributed by atoms with E-state index in [0.717, 1.165) is 23.3 Å². The Balaban J connectivity index is 1.45. The molecule has 2 N–H and O–H groups in total. The Morgan fingerprint density at radius 3 is 2.42 bits per heavy atom. The van der Waals surface area contributed by atoms with Crippen LogP contribution in [0.1, 0.15) is 29.4 Å². The maximum atomic E-state index is 12.9. The van der Waals surface area contributed by atoms with Crippen LogP contribution in [0.3, 0.4) is 0 Å². The summed E-state index contributed by atoms with van der Waals surface area (Å²) in [5.74, 6) is 0.207. The SMILES string of the molecule is CCOc1cc(-c2ccccc2)sc1C(=O)Nc1ccc(NC(=O)[C@@H]2CCCO2)cc1. The number of ether oxygens (including phenoxy) is 2. The molecule has 7 heteroatoms. The lowest BCUT2D eigenvalue weighted by atomic mass is 10.2. The van der Waals surface area contributed by atoms with Gasteiger partial charge in [-0.15, -0.1) is 11.3 Å². The number of amides is 2. The number of thiophene rings is 1. The molecule has 2 amide bonds. The van der Waals surface area contributed by atoms with Crippen LogP contribution in [0.25, 0.3) is 10.4 Å². The van der Waals surface area contributed by atoms with E-state index >= 15 is 0 Å². The van der Waals surface area contributed by atoms with Gasteiger partial charge in [0.25, 0.3) is 11.8 Å². The predicted molar refractivity (Wildman–Crippen MR) is 123 cm³/mol. The number of hydrogen-bond donors (Lipinski definition) is 2. The largest absolute Gasteiger partial charge is 0.492 e. The van der Waals surface area contributed by atoms with Crippen molar-refractivity contribution in [2.75, 3.05) is 23.8 Å². The van der Waals surface area contributed by atoms with Crippen LogP contribution in [0.15, 0.2) is 60.7 Å². The molecule has 0 bridgehead atoms. The predicted octanol–water partition coefficient (Wildman–Crippen LogP) is 5.18. The molecule has 3 aromatic rings. The van der Waals surface area contributed by atoms with Gasteiger partial charge in [-0.05, 0) is 55.7 Å². The third-order valence-corrected chi connectivity index (χ3v) is 6.06. The second-order valence-electron chi connectivity index (χ2n) is 7.13. The maximum Gasteiger partial charge on any atom is 0.269 e. The number of carbonyl (C=O) groups is 2. The minimum atomic E-state index is -0.381. The van der Waals surface area contributed by atoms with Crippen molar-refractivity contribution < 1.29 is 19.1 Å². The average Bonchev–Trinajstić information content (AvgIpc) is 3.47. The molecule has 1 aromatic heterocycles. The fourth-order valence-electron chi connectivity index (χ4n) is 3.37. The van der Waals surface area contributed by atoms with Crippen LogP contribution in [0.2, 0.25) is 0 Å². The Hall–Kier alpha value is -3.16. The van der Waals surface area contributed by atoms with Gasteiger partial charge in [0, 0.05) is 22.9 Å². The minimum Gasteiger partial charge on any atom is -0.492 e. The van der Waals surface area contributed by atoms with E-state index in [-0.39, 0.29) is 17.9 Å². The van der Waals surface area contributed by atoms with Gasteiger partial charge in [-0.2, -0.15) is 0 Å². The highest BCUT2D eigenvalue weighted by Gasteiger charge is 2.23. The Labute approximate surface area is 185 Å². The fourth-order valence-corrected chi connectivity index (χ4v) is 4.37. The number of nitrogens with one attached hydrogen (secondary N) is 2. The molecule has 0 radical (unpaired) electrons. The van der Waals surface area contributed by atoms with Crippen molar-refractivity contribution in [2.45, 2.75) is 25.9 Å². The summed E-state index contributed by atoms with van der Waals surface area (Å²) in [6.07, 6.45) is 1.27. The van der Waals surface area contributed by atoms with Crippen LogP contribution in [0.5, 0.6) is 5.75 Å². The van der Waals surface area contributed by atoms with Gasteiger partial charge in [0.05, 0.1) is 6.61 Å². The van der Waals surface area contributed by atoms with Crippen molar-refractivity contribution in [3.8, 4) is 16.2 Å². The van der Waals surface area contributed by atoms with Gasteiger partial charge in [0.2, 0.25) is 0 Å². The molecule has 0 saturated carbocycles. The standard InChI is InChI=1S/C24H24N2O4S/c1-2-29-20-15-21(16-7-4-3-5-8-16)31-22(20)24(28)26-18-12-10-17(11-13-18)25-23(27)19-9-6-14-30-19/h3-5,7-8,10-13,15,19H,2,6,9,14H2,1H3,(H,25,27)(H,26,28)/t19-/m0/s1. The molecular weight excluding hydrogens is 412 g/mol. The van der Waals surface area contributed by atoms with Gasteiger partial charge in [-0.3, -0.25) is 9.59 Å². The van der Waals surface area contributed by atoms with Crippen LogP contribution in [0, 0.1) is 0 Å². The Morgan fingerprint density at radius 2 is 1.77 bits per heavy atom. The van der Waals surface area contributed by atoms with E-state index in [1.54, 1.807) is 24.3 Å². The summed E-state index contributed by atoms with van der Waals surface area (Å²) in [5.41, 5.74) is 2.34. The third-order valence-electron chi connectivity index (χ3n) is 4.89. The Bertz CT molecular complexity index is 1040. The first-order valence-electron chi connectivity index (χ1n) is 10.3. The number of rotatable bonds is 7. The lowest BCUT2D eigenvalue weighted by Crippen LogP contribution is -2.26. The monoisotopic (exact) mass is 436 g/mol. The average molecular weight is 437 g/mol. The van der Waals surface area contributed by atoms with E-state index in [9.17, 15) is 9.59 Å². The van der Waals surface area contributed by atoms with Gasteiger partial charge in [-0.25, -0.2) is 0 Å². The molecule has 1 aliphatic heterocycles. The molecule has 4 rings (SSSR count). The van der Waals surface area contributed by atoms with Crippen molar-refractivity contribution in [3.63, 3.8) is 0 Å². The molecule has 1 saturated heterocycles. The fraction of sp³-hybridized carbons (Fsp3) is 0.250. The third kappa shape index (κ3) is 5.13. The highest BCUT2D eigenvalue weighted by atomic mass is 32.1. The number of carbonyl (C=O) groups excluding carboxylic acids is 2. The first kappa shape index (κ1) is 21.1. The highest BCUT2D eigenvalue weighted by molar-refractivity contribution is 7.17. The Kier molecular flexibility index (Phi) is 6.64. The van der Waals surface area contributed by atoms with E-state index in [1.807, 2.05) is 43.3 Å². The summed E-state index contributed by atoms with van der Waals surface area (Å²) < 4.78 is 11.1. The lowest BCUT2D eigenvalue weighted by Gasteiger charge is -2.11. The maximum absolute atomic E-state index is 12.9. The molecule has 0 spiro atoms. The lowest BCUT2D eigenvalue weighted by molar-refractivity contribution is -0.124. The van der Waals surface area contributed by atoms with E-state index in [4.69, 9.17) is 9.47 Å². The quantitative estimate of drug-likeness (QED) is 0.535. The summed E-state index contributed by atoms with van der Waals surface area (Å²) >= 11 is 1.40. The van der Waals surface area contributed by atoms with E-state index in [1.165, 1.54) is 11.3 Å². The second-order valence-corrected chi connectivity index (χ2v) is 8.18. The van der Waals surface area contributed by atoms with Crippen LogP contribution in [0.4, 0.5) is 11.4 Å². The van der Waals surface area contributed by atoms with Crippen molar-refractivity contribution in [2.24, 2.45) is 0 Å². The minimum absolute atomic E-state index is 0.136. The van der Waals surface area contributed by atoms with Crippen molar-refractivity contribution in [1.82, 2.24) is 0 Å². The molecule has 2 heterocycles. The number of hydrogen-bond acceptors (Lipinski definition) is 5. The van der Waals surface area contributed by atoms with E-state index < -0.39 is 0 Å². The topological polar surface area (TPSA) is 76.7 Å². The molecule has 2 aromatic carbocycles. The molecular formula is C24H24N2O4S. The molecule has 1 fully saturated rings. The smallest absolute Gasteiger partial charge is 0.269 e. The Morgan fingerprint density at radius 1 is 1.06 bits per heavy atom. The summed E-state index contributed by atoms with van der Waals surface area (Å²) in [7, 11) is 0. The van der Waals surface area contributed by atoms with Crippen molar-refractivity contribution >= 4 is 34.5 Å². The molecule has 1 aliphatic rings. The van der Waals surface area contributed by atoms with Gasteiger partial charge in [0.1, 0.15) is 16.7 Å². The normalized spacial score (nSPS) is 15.5. The van der Waals surface area contributed by atoms with Crippen LogP contribution in [-0.2, 0) is 9.53 Å². The summed E-state index contributed by atoms with van der Waals surface area (Å²) in [5, 5.41) is 5.76. The highest BCUT2D eigenvalue weighted by Crippen LogP contribution is 2.36. The zero-order chi connectivity index (χ0) is 21.6. The second kappa shape index (κ2) is 9.76. The van der Waals surface area contributed by atoms with Crippen LogP contribution >= 0.6 is 11.3 Å². The van der Waals surface area contributed by atoms with Crippen molar-refractivity contribution in [3.05, 3.63) is 65.5 Å². The van der Waals surface area contributed by atoms with Gasteiger partial charge in [-0.1, -0.05) is 30.3 Å². The first-order chi connectivity index (χ1) is 15.1.